The van der Waals surface area contributed by atoms with Gasteiger partial charge in [-0.25, -0.2) is 0 Å². The molecule has 1 N–H and O–H groups in total. The zero-order chi connectivity index (χ0) is 14.4. The van der Waals surface area contributed by atoms with Crippen LogP contribution in [0.1, 0.15) is 63.5 Å². The lowest BCUT2D eigenvalue weighted by Crippen LogP contribution is -2.05. The lowest BCUT2D eigenvalue weighted by Gasteiger charge is -2.17. The summed E-state index contributed by atoms with van der Waals surface area (Å²) in [6.45, 7) is 8.99. The van der Waals surface area contributed by atoms with Gasteiger partial charge in [0.05, 0.1) is 13.0 Å². The molecule has 3 heteroatoms. The maximum atomic E-state index is 10.8. The van der Waals surface area contributed by atoms with E-state index in [9.17, 15) is 4.79 Å². The van der Waals surface area contributed by atoms with Crippen LogP contribution in [0.15, 0.2) is 18.2 Å². The van der Waals surface area contributed by atoms with E-state index in [1.54, 1.807) is 0 Å². The third-order valence-corrected chi connectivity index (χ3v) is 3.17. The molecule has 1 unspecified atom stereocenters. The van der Waals surface area contributed by atoms with Gasteiger partial charge in [-0.2, -0.15) is 0 Å². The fraction of sp³-hybridized carbons (Fsp3) is 0.562. The Morgan fingerprint density at radius 1 is 1.32 bits per heavy atom. The molecule has 0 saturated carbocycles. The van der Waals surface area contributed by atoms with E-state index in [2.05, 4.69) is 26.8 Å². The molecule has 0 amide bonds. The minimum absolute atomic E-state index is 0.0234. The van der Waals surface area contributed by atoms with Gasteiger partial charge in [-0.3, -0.25) is 4.79 Å². The van der Waals surface area contributed by atoms with Crippen LogP contribution in [-0.2, 0) is 4.79 Å². The maximum absolute atomic E-state index is 10.8. The van der Waals surface area contributed by atoms with Gasteiger partial charge in [0.15, 0.2) is 0 Å². The summed E-state index contributed by atoms with van der Waals surface area (Å²) in [6, 6.07) is 6.03. The second-order valence-corrected chi connectivity index (χ2v) is 5.30. The second-order valence-electron chi connectivity index (χ2n) is 5.30. The van der Waals surface area contributed by atoms with Gasteiger partial charge in [0.1, 0.15) is 5.75 Å². The van der Waals surface area contributed by atoms with Gasteiger partial charge in [0.2, 0.25) is 0 Å². The van der Waals surface area contributed by atoms with E-state index in [1.165, 1.54) is 0 Å². The van der Waals surface area contributed by atoms with Gasteiger partial charge in [-0.1, -0.05) is 39.8 Å². The monoisotopic (exact) mass is 264 g/mol. The fourth-order valence-electron chi connectivity index (χ4n) is 2.05. The first-order valence-electron chi connectivity index (χ1n) is 6.94. The van der Waals surface area contributed by atoms with Crippen LogP contribution in [0.5, 0.6) is 5.75 Å². The molecule has 0 spiro atoms. The summed E-state index contributed by atoms with van der Waals surface area (Å²) in [5.41, 5.74) is 2.22. The van der Waals surface area contributed by atoms with Crippen LogP contribution < -0.4 is 4.74 Å². The summed E-state index contributed by atoms with van der Waals surface area (Å²) in [7, 11) is 0. The number of hydrogen-bond acceptors (Lipinski definition) is 2. The molecular weight excluding hydrogens is 240 g/mol. The Kier molecular flexibility index (Phi) is 5.87. The SMILES string of the molecule is CCCOc1ccc(C(C)CC(=O)O)cc1C(C)C. The molecule has 0 saturated heterocycles. The Morgan fingerprint density at radius 3 is 2.53 bits per heavy atom. The third kappa shape index (κ3) is 4.58. The standard InChI is InChI=1S/C16H24O3/c1-5-8-19-15-7-6-13(10-14(15)11(2)3)12(4)9-16(17)18/h6-7,10-12H,5,8-9H2,1-4H3,(H,17,18). The molecule has 3 nitrogen and oxygen atoms in total. The Bertz CT molecular complexity index is 424. The average Bonchev–Trinajstić information content (AvgIpc) is 2.35. The summed E-state index contributed by atoms with van der Waals surface area (Å²) in [4.78, 5) is 10.8. The molecule has 0 fully saturated rings. The topological polar surface area (TPSA) is 46.5 Å². The first kappa shape index (κ1) is 15.5. The van der Waals surface area contributed by atoms with Crippen molar-refractivity contribution in [3.05, 3.63) is 29.3 Å². The second kappa shape index (κ2) is 7.17. The number of aliphatic carboxylic acids is 1. The van der Waals surface area contributed by atoms with Crippen molar-refractivity contribution >= 4 is 5.97 Å². The summed E-state index contributed by atoms with van der Waals surface area (Å²) >= 11 is 0. The van der Waals surface area contributed by atoms with Gasteiger partial charge in [-0.05, 0) is 35.4 Å². The fourth-order valence-corrected chi connectivity index (χ4v) is 2.05. The van der Waals surface area contributed by atoms with Crippen molar-refractivity contribution in [3.63, 3.8) is 0 Å². The van der Waals surface area contributed by atoms with Crippen molar-refractivity contribution in [2.45, 2.75) is 52.4 Å². The molecule has 0 aromatic heterocycles. The number of carboxylic acid groups (broad SMARTS) is 1. The van der Waals surface area contributed by atoms with E-state index in [0.29, 0.717) is 12.5 Å². The van der Waals surface area contributed by atoms with Gasteiger partial charge in [0, 0.05) is 0 Å². The van der Waals surface area contributed by atoms with Gasteiger partial charge < -0.3 is 9.84 Å². The van der Waals surface area contributed by atoms with Crippen LogP contribution in [0, 0.1) is 0 Å². The van der Waals surface area contributed by atoms with E-state index >= 15 is 0 Å². The van der Waals surface area contributed by atoms with E-state index in [4.69, 9.17) is 9.84 Å². The molecule has 0 aliphatic carbocycles. The van der Waals surface area contributed by atoms with Crippen molar-refractivity contribution in [1.82, 2.24) is 0 Å². The van der Waals surface area contributed by atoms with Crippen molar-refractivity contribution in [3.8, 4) is 5.75 Å². The van der Waals surface area contributed by atoms with Crippen molar-refractivity contribution in [2.75, 3.05) is 6.61 Å². The van der Waals surface area contributed by atoms with E-state index in [-0.39, 0.29) is 12.3 Å². The molecule has 0 heterocycles. The van der Waals surface area contributed by atoms with Crippen LogP contribution in [-0.4, -0.2) is 17.7 Å². The van der Waals surface area contributed by atoms with Crippen LogP contribution in [0.2, 0.25) is 0 Å². The first-order chi connectivity index (χ1) is 8.95. The zero-order valence-corrected chi connectivity index (χ0v) is 12.3. The highest BCUT2D eigenvalue weighted by Crippen LogP contribution is 2.31. The number of carbonyl (C=O) groups is 1. The molecule has 19 heavy (non-hydrogen) atoms. The number of rotatable bonds is 7. The number of carboxylic acids is 1. The molecule has 1 atom stereocenters. The predicted molar refractivity (Wildman–Crippen MR) is 77.0 cm³/mol. The van der Waals surface area contributed by atoms with Crippen molar-refractivity contribution in [1.29, 1.82) is 0 Å². The molecule has 106 valence electrons. The smallest absolute Gasteiger partial charge is 0.303 e. The van der Waals surface area contributed by atoms with Gasteiger partial charge in [-0.15, -0.1) is 0 Å². The van der Waals surface area contributed by atoms with Gasteiger partial charge >= 0.3 is 5.97 Å². The number of benzene rings is 1. The Morgan fingerprint density at radius 2 is 2.00 bits per heavy atom. The van der Waals surface area contributed by atoms with Crippen LogP contribution in [0.4, 0.5) is 0 Å². The molecule has 0 radical (unpaired) electrons. The minimum Gasteiger partial charge on any atom is -0.493 e. The highest BCUT2D eigenvalue weighted by atomic mass is 16.5. The summed E-state index contributed by atoms with van der Waals surface area (Å²) < 4.78 is 5.75. The Labute approximate surface area is 115 Å². The normalized spacial score (nSPS) is 12.5. The molecule has 1 rings (SSSR count). The lowest BCUT2D eigenvalue weighted by molar-refractivity contribution is -0.137. The largest absolute Gasteiger partial charge is 0.493 e. The van der Waals surface area contributed by atoms with Crippen LogP contribution in [0.3, 0.4) is 0 Å². The maximum Gasteiger partial charge on any atom is 0.303 e. The van der Waals surface area contributed by atoms with Crippen LogP contribution >= 0.6 is 0 Å². The highest BCUT2D eigenvalue weighted by Gasteiger charge is 2.14. The Balaban J connectivity index is 2.98. The lowest BCUT2D eigenvalue weighted by atomic mass is 9.92. The van der Waals surface area contributed by atoms with Crippen LogP contribution in [0.25, 0.3) is 0 Å². The van der Waals surface area contributed by atoms with Gasteiger partial charge in [0.25, 0.3) is 0 Å². The highest BCUT2D eigenvalue weighted by molar-refractivity contribution is 5.68. The molecule has 1 aromatic rings. The van der Waals surface area contributed by atoms with Crippen molar-refractivity contribution < 1.29 is 14.6 Å². The zero-order valence-electron chi connectivity index (χ0n) is 12.3. The average molecular weight is 264 g/mol. The summed E-state index contributed by atoms with van der Waals surface area (Å²) in [5, 5.41) is 8.87. The predicted octanol–water partition coefficient (Wildman–Crippen LogP) is 4.18. The minimum atomic E-state index is -0.759. The summed E-state index contributed by atoms with van der Waals surface area (Å²) in [5.74, 6) is 0.548. The molecule has 0 bridgehead atoms. The third-order valence-electron chi connectivity index (χ3n) is 3.17. The molecule has 0 aliphatic rings. The molecule has 0 aliphatic heterocycles. The molecule has 1 aromatic carbocycles. The Hall–Kier alpha value is -1.51. The summed E-state index contributed by atoms with van der Waals surface area (Å²) in [6.07, 6.45) is 1.14. The van der Waals surface area contributed by atoms with E-state index in [1.807, 2.05) is 19.1 Å². The van der Waals surface area contributed by atoms with Crippen molar-refractivity contribution in [2.24, 2.45) is 0 Å². The number of hydrogen-bond donors (Lipinski definition) is 1. The van der Waals surface area contributed by atoms with E-state index < -0.39 is 5.97 Å². The first-order valence-corrected chi connectivity index (χ1v) is 6.94. The quantitative estimate of drug-likeness (QED) is 0.803. The number of ether oxygens (including phenoxy) is 1. The molecular formula is C16H24O3. The van der Waals surface area contributed by atoms with E-state index in [0.717, 1.165) is 23.3 Å².